The average molecular weight is 331 g/mol. The minimum Gasteiger partial charge on any atom is -0.449 e. The van der Waals surface area contributed by atoms with Gasteiger partial charge in [0.15, 0.2) is 0 Å². The minimum atomic E-state index is -0.550. The van der Waals surface area contributed by atoms with Gasteiger partial charge in [0.2, 0.25) is 5.91 Å². The molecular formula is C18H25N3O3. The first-order chi connectivity index (χ1) is 11.5. The molecule has 0 atom stereocenters. The van der Waals surface area contributed by atoms with Crippen LogP contribution in [0.15, 0.2) is 24.3 Å². The molecule has 1 fully saturated rings. The fraction of sp³-hybridized carbons (Fsp3) is 0.556. The van der Waals surface area contributed by atoms with E-state index >= 15 is 0 Å². The number of likely N-dealkylation sites (N-methyl/N-ethyl adjacent to an activating group) is 1. The summed E-state index contributed by atoms with van der Waals surface area (Å²) in [6.07, 6.45) is 1.99. The fourth-order valence-electron chi connectivity index (χ4n) is 3.54. The van der Waals surface area contributed by atoms with Crippen LogP contribution in [0.5, 0.6) is 0 Å². The highest BCUT2D eigenvalue weighted by molar-refractivity contribution is 5.88. The molecule has 24 heavy (non-hydrogen) atoms. The maximum atomic E-state index is 12.9. The number of fused-ring (bicyclic) bond motifs is 1. The highest BCUT2D eigenvalue weighted by Crippen LogP contribution is 2.33. The van der Waals surface area contributed by atoms with Gasteiger partial charge in [-0.2, -0.15) is 0 Å². The number of nitrogens with one attached hydrogen (secondary N) is 1. The average Bonchev–Trinajstić information content (AvgIpc) is 2.97. The molecular weight excluding hydrogens is 306 g/mol. The first kappa shape index (κ1) is 16.8. The lowest BCUT2D eigenvalue weighted by molar-refractivity contribution is -0.131. The summed E-state index contributed by atoms with van der Waals surface area (Å²) in [5.41, 5.74) is 1.92. The van der Waals surface area contributed by atoms with Crippen molar-refractivity contribution < 1.29 is 14.3 Å². The second kappa shape index (κ2) is 6.81. The van der Waals surface area contributed by atoms with Crippen molar-refractivity contribution in [2.45, 2.75) is 24.8 Å². The van der Waals surface area contributed by atoms with E-state index in [4.69, 9.17) is 4.74 Å². The van der Waals surface area contributed by atoms with Crippen molar-refractivity contribution in [3.63, 3.8) is 0 Å². The maximum absolute atomic E-state index is 12.9. The predicted molar refractivity (Wildman–Crippen MR) is 90.8 cm³/mol. The molecule has 0 aromatic heterocycles. The van der Waals surface area contributed by atoms with Gasteiger partial charge in [-0.25, -0.2) is 4.79 Å². The van der Waals surface area contributed by atoms with E-state index in [1.54, 1.807) is 4.90 Å². The molecule has 1 N–H and O–H groups in total. The molecule has 1 aliphatic heterocycles. The summed E-state index contributed by atoms with van der Waals surface area (Å²) >= 11 is 0. The largest absolute Gasteiger partial charge is 0.449 e. The van der Waals surface area contributed by atoms with Crippen LogP contribution in [0.2, 0.25) is 0 Å². The summed E-state index contributed by atoms with van der Waals surface area (Å²) in [6.45, 7) is 2.11. The van der Waals surface area contributed by atoms with E-state index in [0.29, 0.717) is 39.1 Å². The number of amides is 2. The normalized spacial score (nSPS) is 19.1. The van der Waals surface area contributed by atoms with E-state index in [1.807, 2.05) is 31.1 Å². The Morgan fingerprint density at radius 1 is 1.29 bits per heavy atom. The van der Waals surface area contributed by atoms with Crippen LogP contribution in [0.4, 0.5) is 4.79 Å². The van der Waals surface area contributed by atoms with Gasteiger partial charge < -0.3 is 15.0 Å². The van der Waals surface area contributed by atoms with Crippen molar-refractivity contribution in [1.82, 2.24) is 15.1 Å². The molecule has 6 heteroatoms. The molecule has 0 unspecified atom stereocenters. The van der Waals surface area contributed by atoms with Crippen LogP contribution in [0.1, 0.15) is 17.5 Å². The van der Waals surface area contributed by atoms with Gasteiger partial charge >= 0.3 is 6.09 Å². The quantitative estimate of drug-likeness (QED) is 0.876. The Hall–Kier alpha value is -2.08. The summed E-state index contributed by atoms with van der Waals surface area (Å²) in [7, 11) is 3.90. The Bertz CT molecular complexity index is 605. The van der Waals surface area contributed by atoms with Crippen LogP contribution in [0.3, 0.4) is 0 Å². The summed E-state index contributed by atoms with van der Waals surface area (Å²) in [4.78, 5) is 28.2. The molecule has 2 aliphatic rings. The molecule has 1 aromatic rings. The van der Waals surface area contributed by atoms with Crippen LogP contribution >= 0.6 is 0 Å². The standard InChI is InChI=1S/C18H25N3O3/c1-20(2)18(12-14-6-3-4-7-15(14)13-18)16(22)19-8-10-21-9-5-11-24-17(21)23/h3-4,6-7H,5,8-13H2,1-2H3,(H,19,22). The van der Waals surface area contributed by atoms with Gasteiger partial charge in [-0.1, -0.05) is 24.3 Å². The third-order valence-electron chi connectivity index (χ3n) is 5.09. The fourth-order valence-corrected chi connectivity index (χ4v) is 3.54. The SMILES string of the molecule is CN(C)C1(C(=O)NCCN2CCCOC2=O)Cc2ccccc2C1. The third kappa shape index (κ3) is 3.11. The smallest absolute Gasteiger partial charge is 0.409 e. The zero-order chi connectivity index (χ0) is 17.2. The summed E-state index contributed by atoms with van der Waals surface area (Å²) < 4.78 is 5.01. The highest BCUT2D eigenvalue weighted by atomic mass is 16.6. The molecule has 6 nitrogen and oxygen atoms in total. The van der Waals surface area contributed by atoms with Crippen molar-refractivity contribution in [2.24, 2.45) is 0 Å². The number of rotatable bonds is 5. The van der Waals surface area contributed by atoms with Gasteiger partial charge in [-0.15, -0.1) is 0 Å². The van der Waals surface area contributed by atoms with E-state index in [0.717, 1.165) is 6.42 Å². The summed E-state index contributed by atoms with van der Waals surface area (Å²) in [5.74, 6) is 0.0223. The van der Waals surface area contributed by atoms with Gasteiger partial charge in [0.05, 0.1) is 6.61 Å². The monoisotopic (exact) mass is 331 g/mol. The lowest BCUT2D eigenvalue weighted by Crippen LogP contribution is -2.58. The molecule has 1 heterocycles. The summed E-state index contributed by atoms with van der Waals surface area (Å²) in [5, 5.41) is 3.02. The van der Waals surface area contributed by atoms with E-state index in [9.17, 15) is 9.59 Å². The van der Waals surface area contributed by atoms with Gasteiger partial charge in [0, 0.05) is 32.5 Å². The van der Waals surface area contributed by atoms with E-state index in [2.05, 4.69) is 17.4 Å². The first-order valence-corrected chi connectivity index (χ1v) is 8.47. The second-order valence-corrected chi connectivity index (χ2v) is 6.76. The predicted octanol–water partition coefficient (Wildman–Crippen LogP) is 1.04. The second-order valence-electron chi connectivity index (χ2n) is 6.76. The number of carbonyl (C=O) groups is 2. The number of hydrogen-bond acceptors (Lipinski definition) is 4. The van der Waals surface area contributed by atoms with E-state index in [-0.39, 0.29) is 12.0 Å². The molecule has 0 saturated carbocycles. The lowest BCUT2D eigenvalue weighted by Gasteiger charge is -2.35. The van der Waals surface area contributed by atoms with Crippen LogP contribution in [0, 0.1) is 0 Å². The first-order valence-electron chi connectivity index (χ1n) is 8.47. The van der Waals surface area contributed by atoms with E-state index in [1.165, 1.54) is 11.1 Å². The van der Waals surface area contributed by atoms with Gasteiger partial charge in [-0.05, 0) is 31.6 Å². The molecule has 1 aromatic carbocycles. The van der Waals surface area contributed by atoms with Crippen LogP contribution in [0.25, 0.3) is 0 Å². The molecule has 3 rings (SSSR count). The highest BCUT2D eigenvalue weighted by Gasteiger charge is 2.45. The zero-order valence-corrected chi connectivity index (χ0v) is 14.4. The van der Waals surface area contributed by atoms with Crippen molar-refractivity contribution in [3.05, 3.63) is 35.4 Å². The molecule has 0 radical (unpaired) electrons. The van der Waals surface area contributed by atoms with Crippen LogP contribution in [-0.4, -0.2) is 67.7 Å². The maximum Gasteiger partial charge on any atom is 0.409 e. The Morgan fingerprint density at radius 3 is 2.54 bits per heavy atom. The Balaban J connectivity index is 1.61. The number of nitrogens with zero attached hydrogens (tertiary/aromatic N) is 2. The van der Waals surface area contributed by atoms with E-state index < -0.39 is 5.54 Å². The number of benzene rings is 1. The topological polar surface area (TPSA) is 61.9 Å². The van der Waals surface area contributed by atoms with Crippen molar-refractivity contribution in [2.75, 3.05) is 40.3 Å². The number of hydrogen-bond donors (Lipinski definition) is 1. The van der Waals surface area contributed by atoms with Crippen LogP contribution < -0.4 is 5.32 Å². The van der Waals surface area contributed by atoms with Crippen LogP contribution in [-0.2, 0) is 22.4 Å². The molecule has 1 aliphatic carbocycles. The number of cyclic esters (lactones) is 1. The van der Waals surface area contributed by atoms with Gasteiger partial charge in [0.1, 0.15) is 5.54 Å². The van der Waals surface area contributed by atoms with Crippen molar-refractivity contribution >= 4 is 12.0 Å². The molecule has 0 spiro atoms. The molecule has 0 bridgehead atoms. The Labute approximate surface area is 142 Å². The number of ether oxygens (including phenoxy) is 1. The molecule has 130 valence electrons. The van der Waals surface area contributed by atoms with Crippen molar-refractivity contribution in [1.29, 1.82) is 0 Å². The number of carbonyl (C=O) groups excluding carboxylic acids is 2. The van der Waals surface area contributed by atoms with Crippen molar-refractivity contribution in [3.8, 4) is 0 Å². The van der Waals surface area contributed by atoms with Gasteiger partial charge in [-0.3, -0.25) is 9.69 Å². The Kier molecular flexibility index (Phi) is 4.76. The van der Waals surface area contributed by atoms with Gasteiger partial charge in [0.25, 0.3) is 0 Å². The Morgan fingerprint density at radius 2 is 1.96 bits per heavy atom. The molecule has 1 saturated heterocycles. The zero-order valence-electron chi connectivity index (χ0n) is 14.4. The summed E-state index contributed by atoms with van der Waals surface area (Å²) in [6, 6.07) is 8.23. The lowest BCUT2D eigenvalue weighted by atomic mass is 9.93. The molecule has 2 amide bonds. The third-order valence-corrected chi connectivity index (χ3v) is 5.09. The minimum absolute atomic E-state index is 0.0223.